The van der Waals surface area contributed by atoms with E-state index in [4.69, 9.17) is 0 Å². The van der Waals surface area contributed by atoms with Crippen LogP contribution in [0, 0.1) is 0 Å². The van der Waals surface area contributed by atoms with Crippen molar-refractivity contribution in [3.63, 3.8) is 0 Å². The summed E-state index contributed by atoms with van der Waals surface area (Å²) in [4.78, 5) is 16.7. The van der Waals surface area contributed by atoms with Crippen LogP contribution >= 0.6 is 11.8 Å². The van der Waals surface area contributed by atoms with Crippen molar-refractivity contribution in [2.45, 2.75) is 74.7 Å². The van der Waals surface area contributed by atoms with Crippen LogP contribution < -0.4 is 0 Å². The molecule has 3 aliphatic rings. The number of carbonyl (C=O) groups is 1. The second-order valence-corrected chi connectivity index (χ2v) is 8.17. The standard InChI is InChI=1S/C16H24N4OS/c21-16(11-22-15-3-1-2-4-15)19-12-5-6-13(19)10-14(9-12)20-17-7-8-18-20/h7-8,12-15H,1-6,9-11H2. The quantitative estimate of drug-likeness (QED) is 0.856. The van der Waals surface area contributed by atoms with Gasteiger partial charge in [-0.3, -0.25) is 4.79 Å². The van der Waals surface area contributed by atoms with E-state index < -0.39 is 0 Å². The minimum absolute atomic E-state index is 0.372. The van der Waals surface area contributed by atoms with Gasteiger partial charge in [0.1, 0.15) is 0 Å². The van der Waals surface area contributed by atoms with E-state index in [1.165, 1.54) is 25.7 Å². The van der Waals surface area contributed by atoms with Crippen molar-refractivity contribution in [1.29, 1.82) is 0 Å². The van der Waals surface area contributed by atoms with Gasteiger partial charge in [0.25, 0.3) is 0 Å². The zero-order valence-corrected chi connectivity index (χ0v) is 13.7. The topological polar surface area (TPSA) is 51.0 Å². The molecule has 2 atom stereocenters. The fourth-order valence-electron chi connectivity index (χ4n) is 4.48. The van der Waals surface area contributed by atoms with Crippen LogP contribution in [0.15, 0.2) is 12.4 Å². The molecule has 2 aliphatic heterocycles. The zero-order valence-electron chi connectivity index (χ0n) is 12.9. The van der Waals surface area contributed by atoms with Gasteiger partial charge >= 0.3 is 0 Å². The second-order valence-electron chi connectivity index (χ2n) is 6.88. The number of rotatable bonds is 4. The Balaban J connectivity index is 1.36. The maximum Gasteiger partial charge on any atom is 0.233 e. The monoisotopic (exact) mass is 320 g/mol. The molecule has 1 amide bonds. The molecule has 4 rings (SSSR count). The molecule has 22 heavy (non-hydrogen) atoms. The van der Waals surface area contributed by atoms with Crippen LogP contribution in [-0.4, -0.2) is 48.9 Å². The first-order valence-corrected chi connectivity index (χ1v) is 9.64. The van der Waals surface area contributed by atoms with E-state index >= 15 is 0 Å². The number of nitrogens with zero attached hydrogens (tertiary/aromatic N) is 4. The summed E-state index contributed by atoms with van der Waals surface area (Å²) in [6, 6.07) is 1.19. The highest BCUT2D eigenvalue weighted by Gasteiger charge is 2.44. The second kappa shape index (κ2) is 6.22. The lowest BCUT2D eigenvalue weighted by molar-refractivity contribution is -0.133. The molecule has 1 aromatic rings. The molecule has 1 aliphatic carbocycles. The highest BCUT2D eigenvalue weighted by Crippen LogP contribution is 2.41. The Kier molecular flexibility index (Phi) is 4.11. The summed E-state index contributed by atoms with van der Waals surface area (Å²) < 4.78 is 0. The molecule has 2 bridgehead atoms. The van der Waals surface area contributed by atoms with E-state index in [-0.39, 0.29) is 0 Å². The van der Waals surface area contributed by atoms with Crippen molar-refractivity contribution < 1.29 is 4.79 Å². The number of aromatic nitrogens is 3. The van der Waals surface area contributed by atoms with Crippen LogP contribution in [0.25, 0.3) is 0 Å². The Labute approximate surface area is 135 Å². The van der Waals surface area contributed by atoms with Crippen LogP contribution in [0.2, 0.25) is 0 Å². The van der Waals surface area contributed by atoms with Gasteiger partial charge in [-0.15, -0.1) is 11.8 Å². The summed E-state index contributed by atoms with van der Waals surface area (Å²) in [7, 11) is 0. The first-order chi connectivity index (χ1) is 10.8. The zero-order chi connectivity index (χ0) is 14.9. The normalized spacial score (nSPS) is 31.8. The lowest BCUT2D eigenvalue weighted by atomic mass is 9.98. The van der Waals surface area contributed by atoms with Crippen LogP contribution in [0.5, 0.6) is 0 Å². The Hall–Kier alpha value is -1.04. The molecular weight excluding hydrogens is 296 g/mol. The molecule has 2 unspecified atom stereocenters. The summed E-state index contributed by atoms with van der Waals surface area (Å²) in [5, 5.41) is 9.32. The number of thioether (sulfide) groups is 1. The van der Waals surface area contributed by atoms with Gasteiger partial charge in [0.05, 0.1) is 24.2 Å². The summed E-state index contributed by atoms with van der Waals surface area (Å²) in [6.07, 6.45) is 13.1. The molecule has 120 valence electrons. The Bertz CT molecular complexity index is 500. The molecule has 0 spiro atoms. The van der Waals surface area contributed by atoms with Crippen LogP contribution in [-0.2, 0) is 4.79 Å². The number of hydrogen-bond donors (Lipinski definition) is 0. The van der Waals surface area contributed by atoms with Gasteiger partial charge in [0.15, 0.2) is 0 Å². The maximum absolute atomic E-state index is 12.7. The predicted octanol–water partition coefficient (Wildman–Crippen LogP) is 2.65. The Morgan fingerprint density at radius 1 is 1.00 bits per heavy atom. The fraction of sp³-hybridized carbons (Fsp3) is 0.812. The largest absolute Gasteiger partial charge is 0.336 e. The summed E-state index contributed by atoms with van der Waals surface area (Å²) >= 11 is 1.90. The van der Waals surface area contributed by atoms with Gasteiger partial charge in [0.2, 0.25) is 5.91 Å². The van der Waals surface area contributed by atoms with Crippen molar-refractivity contribution in [3.8, 4) is 0 Å². The Morgan fingerprint density at radius 3 is 2.27 bits per heavy atom. The molecule has 1 saturated carbocycles. The van der Waals surface area contributed by atoms with E-state index in [2.05, 4.69) is 15.1 Å². The van der Waals surface area contributed by atoms with Crippen molar-refractivity contribution in [1.82, 2.24) is 19.9 Å². The molecule has 5 nitrogen and oxygen atoms in total. The predicted molar refractivity (Wildman–Crippen MR) is 86.7 cm³/mol. The van der Waals surface area contributed by atoms with Gasteiger partial charge in [-0.1, -0.05) is 12.8 Å². The molecule has 3 heterocycles. The highest BCUT2D eigenvalue weighted by molar-refractivity contribution is 8.00. The van der Waals surface area contributed by atoms with Crippen molar-refractivity contribution in [3.05, 3.63) is 12.4 Å². The first kappa shape index (κ1) is 14.5. The summed E-state index contributed by atoms with van der Waals surface area (Å²) in [5.41, 5.74) is 0. The van der Waals surface area contributed by atoms with Crippen molar-refractivity contribution in [2.75, 3.05) is 5.75 Å². The number of hydrogen-bond acceptors (Lipinski definition) is 4. The molecule has 2 saturated heterocycles. The molecule has 1 aromatic heterocycles. The third-order valence-electron chi connectivity index (χ3n) is 5.50. The lowest BCUT2D eigenvalue weighted by Gasteiger charge is -2.38. The van der Waals surface area contributed by atoms with Crippen molar-refractivity contribution >= 4 is 17.7 Å². The van der Waals surface area contributed by atoms with Gasteiger partial charge in [-0.05, 0) is 38.5 Å². The molecule has 0 radical (unpaired) electrons. The Morgan fingerprint density at radius 2 is 1.64 bits per heavy atom. The third-order valence-corrected chi connectivity index (χ3v) is 6.86. The van der Waals surface area contributed by atoms with E-state index in [0.717, 1.165) is 30.9 Å². The number of fused-ring (bicyclic) bond motifs is 2. The highest BCUT2D eigenvalue weighted by atomic mass is 32.2. The van der Waals surface area contributed by atoms with Gasteiger partial charge < -0.3 is 4.90 Å². The molecule has 6 heteroatoms. The number of amides is 1. The van der Waals surface area contributed by atoms with Gasteiger partial charge in [-0.25, -0.2) is 0 Å². The summed E-state index contributed by atoms with van der Waals surface area (Å²) in [6.45, 7) is 0. The SMILES string of the molecule is O=C(CSC1CCCC1)N1C2CCC1CC(n1nccn1)C2. The van der Waals surface area contributed by atoms with E-state index in [1.54, 1.807) is 12.4 Å². The first-order valence-electron chi connectivity index (χ1n) is 8.60. The summed E-state index contributed by atoms with van der Waals surface area (Å²) in [5.74, 6) is 1.05. The van der Waals surface area contributed by atoms with Crippen LogP contribution in [0.3, 0.4) is 0 Å². The van der Waals surface area contributed by atoms with E-state index in [1.807, 2.05) is 16.6 Å². The van der Waals surface area contributed by atoms with E-state index in [0.29, 0.717) is 29.8 Å². The van der Waals surface area contributed by atoms with Gasteiger partial charge in [-0.2, -0.15) is 15.0 Å². The van der Waals surface area contributed by atoms with Crippen LogP contribution in [0.4, 0.5) is 0 Å². The minimum atomic E-state index is 0.372. The van der Waals surface area contributed by atoms with Crippen molar-refractivity contribution in [2.24, 2.45) is 0 Å². The number of carbonyl (C=O) groups excluding carboxylic acids is 1. The minimum Gasteiger partial charge on any atom is -0.336 e. The van der Waals surface area contributed by atoms with Gasteiger partial charge in [0, 0.05) is 17.3 Å². The maximum atomic E-state index is 12.7. The molecule has 0 aromatic carbocycles. The molecule has 3 fully saturated rings. The third kappa shape index (κ3) is 2.77. The smallest absolute Gasteiger partial charge is 0.233 e. The number of piperidine rings is 1. The lowest BCUT2D eigenvalue weighted by Crippen LogP contribution is -2.48. The average molecular weight is 320 g/mol. The molecular formula is C16H24N4OS. The fourth-order valence-corrected chi connectivity index (χ4v) is 5.67. The average Bonchev–Trinajstić information content (AvgIpc) is 3.25. The molecule has 0 N–H and O–H groups in total. The van der Waals surface area contributed by atoms with Crippen LogP contribution in [0.1, 0.15) is 57.4 Å². The van der Waals surface area contributed by atoms with E-state index in [9.17, 15) is 4.79 Å².